The van der Waals surface area contributed by atoms with Crippen LogP contribution in [-0.2, 0) is 13.0 Å². The van der Waals surface area contributed by atoms with Crippen molar-refractivity contribution in [2.75, 3.05) is 0 Å². The third kappa shape index (κ3) is 4.09. The maximum atomic E-state index is 3.84. The molecule has 3 atom stereocenters. The lowest BCUT2D eigenvalue weighted by Crippen LogP contribution is -2.42. The van der Waals surface area contributed by atoms with Gasteiger partial charge in [0.2, 0.25) is 0 Å². The second-order valence-electron chi connectivity index (χ2n) is 6.98. The van der Waals surface area contributed by atoms with Gasteiger partial charge in [-0.25, -0.2) is 0 Å². The van der Waals surface area contributed by atoms with Crippen molar-refractivity contribution in [3.8, 4) is 0 Å². The maximum absolute atomic E-state index is 3.84. The van der Waals surface area contributed by atoms with E-state index in [1.54, 1.807) is 0 Å². The highest BCUT2D eigenvalue weighted by atomic mass is 14.9. The zero-order chi connectivity index (χ0) is 14.5. The van der Waals surface area contributed by atoms with Crippen LogP contribution in [0.25, 0.3) is 0 Å². The normalized spacial score (nSPS) is 26.9. The minimum absolute atomic E-state index is 0.699. The predicted molar refractivity (Wildman–Crippen MR) is 87.8 cm³/mol. The zero-order valence-electron chi connectivity index (χ0n) is 13.7. The van der Waals surface area contributed by atoms with Crippen molar-refractivity contribution in [2.45, 2.75) is 66.0 Å². The van der Waals surface area contributed by atoms with Gasteiger partial charge in [-0.3, -0.25) is 0 Å². The summed E-state index contributed by atoms with van der Waals surface area (Å²) in [6, 6.07) is 9.79. The Morgan fingerprint density at radius 1 is 1.10 bits per heavy atom. The summed E-state index contributed by atoms with van der Waals surface area (Å²) >= 11 is 0. The van der Waals surface area contributed by atoms with Crippen LogP contribution in [0.15, 0.2) is 24.3 Å². The average Bonchev–Trinajstić information content (AvgIpc) is 2.45. The van der Waals surface area contributed by atoms with Gasteiger partial charge in [0.05, 0.1) is 0 Å². The fourth-order valence-electron chi connectivity index (χ4n) is 3.58. The Kier molecular flexibility index (Phi) is 5.65. The molecule has 0 spiro atoms. The standard InChI is InChI=1S/C19H31N/c1-5-16-7-9-17(10-8-16)13-20-19-12-15(4)6-11-18(19)14(2)3/h7-10,14-15,18-20H,5-6,11-13H2,1-4H3. The Balaban J connectivity index is 1.92. The van der Waals surface area contributed by atoms with Gasteiger partial charge in [-0.2, -0.15) is 0 Å². The summed E-state index contributed by atoms with van der Waals surface area (Å²) < 4.78 is 0. The summed E-state index contributed by atoms with van der Waals surface area (Å²) in [4.78, 5) is 0. The summed E-state index contributed by atoms with van der Waals surface area (Å²) in [6.07, 6.45) is 5.27. The van der Waals surface area contributed by atoms with E-state index in [9.17, 15) is 0 Å². The van der Waals surface area contributed by atoms with E-state index in [4.69, 9.17) is 0 Å². The third-order valence-electron chi connectivity index (χ3n) is 5.02. The molecule has 1 nitrogen and oxygen atoms in total. The number of nitrogens with one attached hydrogen (secondary N) is 1. The highest BCUT2D eigenvalue weighted by Gasteiger charge is 2.30. The van der Waals surface area contributed by atoms with E-state index in [0.29, 0.717) is 6.04 Å². The van der Waals surface area contributed by atoms with Gasteiger partial charge in [0.15, 0.2) is 0 Å². The third-order valence-corrected chi connectivity index (χ3v) is 5.02. The number of benzene rings is 1. The molecule has 1 aromatic rings. The van der Waals surface area contributed by atoms with Gasteiger partial charge in [0.1, 0.15) is 0 Å². The van der Waals surface area contributed by atoms with Crippen molar-refractivity contribution in [2.24, 2.45) is 17.8 Å². The molecule has 1 N–H and O–H groups in total. The van der Waals surface area contributed by atoms with Crippen LogP contribution in [0.4, 0.5) is 0 Å². The van der Waals surface area contributed by atoms with Crippen LogP contribution in [0.5, 0.6) is 0 Å². The van der Waals surface area contributed by atoms with Crippen molar-refractivity contribution in [3.05, 3.63) is 35.4 Å². The highest BCUT2D eigenvalue weighted by molar-refractivity contribution is 5.22. The molecule has 0 heterocycles. The molecule has 0 amide bonds. The minimum Gasteiger partial charge on any atom is -0.310 e. The minimum atomic E-state index is 0.699. The molecule has 1 saturated carbocycles. The molecule has 0 aliphatic heterocycles. The fourth-order valence-corrected chi connectivity index (χ4v) is 3.58. The van der Waals surface area contributed by atoms with Crippen LogP contribution >= 0.6 is 0 Å². The van der Waals surface area contributed by atoms with Crippen LogP contribution in [-0.4, -0.2) is 6.04 Å². The van der Waals surface area contributed by atoms with Gasteiger partial charge >= 0.3 is 0 Å². The SMILES string of the molecule is CCc1ccc(CNC2CC(C)CCC2C(C)C)cc1. The van der Waals surface area contributed by atoms with Crippen LogP contribution in [0, 0.1) is 17.8 Å². The number of rotatable bonds is 5. The van der Waals surface area contributed by atoms with E-state index in [1.807, 2.05) is 0 Å². The van der Waals surface area contributed by atoms with Gasteiger partial charge in [-0.1, -0.05) is 58.4 Å². The lowest BCUT2D eigenvalue weighted by molar-refractivity contribution is 0.169. The molecule has 0 radical (unpaired) electrons. The van der Waals surface area contributed by atoms with Crippen molar-refractivity contribution < 1.29 is 0 Å². The van der Waals surface area contributed by atoms with Gasteiger partial charge in [0, 0.05) is 12.6 Å². The van der Waals surface area contributed by atoms with E-state index in [1.165, 1.54) is 30.4 Å². The van der Waals surface area contributed by atoms with Crippen molar-refractivity contribution in [1.29, 1.82) is 0 Å². The Bertz CT molecular complexity index is 393. The van der Waals surface area contributed by atoms with Gasteiger partial charge in [0.25, 0.3) is 0 Å². The molecule has 0 saturated heterocycles. The molecule has 1 aromatic carbocycles. The first-order valence-electron chi connectivity index (χ1n) is 8.41. The highest BCUT2D eigenvalue weighted by Crippen LogP contribution is 2.33. The molecular formula is C19H31N. The first-order chi connectivity index (χ1) is 9.60. The van der Waals surface area contributed by atoms with Crippen molar-refractivity contribution in [3.63, 3.8) is 0 Å². The van der Waals surface area contributed by atoms with E-state index in [0.717, 1.165) is 30.7 Å². The van der Waals surface area contributed by atoms with Gasteiger partial charge in [-0.05, 0) is 48.1 Å². The first kappa shape index (κ1) is 15.6. The second-order valence-corrected chi connectivity index (χ2v) is 6.98. The Morgan fingerprint density at radius 3 is 2.35 bits per heavy atom. The molecule has 3 unspecified atom stereocenters. The number of hydrogen-bond donors (Lipinski definition) is 1. The smallest absolute Gasteiger partial charge is 0.0208 e. The predicted octanol–water partition coefficient (Wildman–Crippen LogP) is 4.80. The lowest BCUT2D eigenvalue weighted by Gasteiger charge is -2.38. The second kappa shape index (κ2) is 7.26. The van der Waals surface area contributed by atoms with Crippen LogP contribution in [0.2, 0.25) is 0 Å². The van der Waals surface area contributed by atoms with Crippen molar-refractivity contribution >= 4 is 0 Å². The van der Waals surface area contributed by atoms with Crippen LogP contribution in [0.3, 0.4) is 0 Å². The molecular weight excluding hydrogens is 242 g/mol. The van der Waals surface area contributed by atoms with E-state index in [-0.39, 0.29) is 0 Å². The maximum Gasteiger partial charge on any atom is 0.0208 e. The zero-order valence-corrected chi connectivity index (χ0v) is 13.7. The molecule has 2 rings (SSSR count). The summed E-state index contributed by atoms with van der Waals surface area (Å²) in [5.74, 6) is 2.52. The van der Waals surface area contributed by atoms with E-state index < -0.39 is 0 Å². The largest absolute Gasteiger partial charge is 0.310 e. The monoisotopic (exact) mass is 273 g/mol. The average molecular weight is 273 g/mol. The van der Waals surface area contributed by atoms with Crippen LogP contribution < -0.4 is 5.32 Å². The molecule has 1 aliphatic carbocycles. The van der Waals surface area contributed by atoms with E-state index >= 15 is 0 Å². The molecule has 0 aromatic heterocycles. The molecule has 1 aliphatic rings. The first-order valence-corrected chi connectivity index (χ1v) is 8.41. The lowest BCUT2D eigenvalue weighted by atomic mass is 9.74. The Hall–Kier alpha value is -0.820. The summed E-state index contributed by atoms with van der Waals surface area (Å²) in [5, 5.41) is 3.84. The molecule has 0 bridgehead atoms. The number of aryl methyl sites for hydroxylation is 1. The summed E-state index contributed by atoms with van der Waals surface area (Å²) in [6.45, 7) is 10.4. The molecule has 112 valence electrons. The van der Waals surface area contributed by atoms with Gasteiger partial charge < -0.3 is 5.32 Å². The van der Waals surface area contributed by atoms with Crippen LogP contribution in [0.1, 0.15) is 58.1 Å². The van der Waals surface area contributed by atoms with Gasteiger partial charge in [-0.15, -0.1) is 0 Å². The molecule has 1 fully saturated rings. The topological polar surface area (TPSA) is 12.0 Å². The quantitative estimate of drug-likeness (QED) is 0.812. The summed E-state index contributed by atoms with van der Waals surface area (Å²) in [7, 11) is 0. The summed E-state index contributed by atoms with van der Waals surface area (Å²) in [5.41, 5.74) is 2.85. The van der Waals surface area contributed by atoms with E-state index in [2.05, 4.69) is 57.3 Å². The number of hydrogen-bond acceptors (Lipinski definition) is 1. The molecule has 1 heteroatoms. The van der Waals surface area contributed by atoms with Crippen molar-refractivity contribution in [1.82, 2.24) is 5.32 Å². The fraction of sp³-hybridized carbons (Fsp3) is 0.684. The Labute approximate surface area is 125 Å². The molecule has 20 heavy (non-hydrogen) atoms. The Morgan fingerprint density at radius 2 is 1.75 bits per heavy atom.